The summed E-state index contributed by atoms with van der Waals surface area (Å²) in [6.07, 6.45) is 0.804. The van der Waals surface area contributed by atoms with Crippen LogP contribution in [0.1, 0.15) is 32.5 Å². The zero-order valence-electron chi connectivity index (χ0n) is 11.6. The standard InChI is InChI=1S/C15H17N3O2/c1-15(2)7-13(19)18(14(20)8-15)9-12-16-10-5-3-4-6-11(10)17-12/h3-6H,7-9H2,1-2H3,(H,16,17). The summed E-state index contributed by atoms with van der Waals surface area (Å²) in [5, 5.41) is 0. The van der Waals surface area contributed by atoms with Gasteiger partial charge in [-0.25, -0.2) is 4.98 Å². The van der Waals surface area contributed by atoms with Crippen molar-refractivity contribution in [3.8, 4) is 0 Å². The van der Waals surface area contributed by atoms with Crippen molar-refractivity contribution in [3.63, 3.8) is 0 Å². The predicted molar refractivity (Wildman–Crippen MR) is 74.7 cm³/mol. The van der Waals surface area contributed by atoms with E-state index in [0.29, 0.717) is 18.7 Å². The lowest BCUT2D eigenvalue weighted by atomic mass is 9.82. The van der Waals surface area contributed by atoms with E-state index in [-0.39, 0.29) is 23.8 Å². The maximum absolute atomic E-state index is 12.1. The van der Waals surface area contributed by atoms with E-state index in [1.165, 1.54) is 4.90 Å². The fourth-order valence-corrected chi connectivity index (χ4v) is 2.62. The first-order valence-electron chi connectivity index (χ1n) is 6.71. The molecular formula is C15H17N3O2. The average Bonchev–Trinajstić information content (AvgIpc) is 2.75. The Balaban J connectivity index is 1.83. The van der Waals surface area contributed by atoms with Gasteiger partial charge in [0.2, 0.25) is 11.8 Å². The second-order valence-corrected chi connectivity index (χ2v) is 6.09. The van der Waals surface area contributed by atoms with Crippen LogP contribution >= 0.6 is 0 Å². The summed E-state index contributed by atoms with van der Waals surface area (Å²) in [5.41, 5.74) is 1.53. The van der Waals surface area contributed by atoms with Crippen LogP contribution in [0, 0.1) is 5.41 Å². The van der Waals surface area contributed by atoms with Crippen LogP contribution in [0.25, 0.3) is 11.0 Å². The van der Waals surface area contributed by atoms with Gasteiger partial charge in [-0.15, -0.1) is 0 Å². The third-order valence-corrected chi connectivity index (χ3v) is 3.61. The van der Waals surface area contributed by atoms with Crippen molar-refractivity contribution in [1.29, 1.82) is 0 Å². The Hall–Kier alpha value is -2.17. The highest BCUT2D eigenvalue weighted by atomic mass is 16.2. The van der Waals surface area contributed by atoms with Crippen molar-refractivity contribution in [3.05, 3.63) is 30.1 Å². The van der Waals surface area contributed by atoms with Crippen molar-refractivity contribution < 1.29 is 9.59 Å². The Labute approximate surface area is 117 Å². The Morgan fingerprint density at radius 3 is 2.50 bits per heavy atom. The van der Waals surface area contributed by atoms with Crippen molar-refractivity contribution in [2.45, 2.75) is 33.2 Å². The van der Waals surface area contributed by atoms with Crippen LogP contribution < -0.4 is 0 Å². The molecule has 1 saturated heterocycles. The molecule has 2 amide bonds. The van der Waals surface area contributed by atoms with Crippen LogP contribution in [-0.4, -0.2) is 26.7 Å². The number of aromatic nitrogens is 2. The second-order valence-electron chi connectivity index (χ2n) is 6.09. The van der Waals surface area contributed by atoms with Gasteiger partial charge >= 0.3 is 0 Å². The number of imidazole rings is 1. The number of nitrogens with one attached hydrogen (secondary N) is 1. The van der Waals surface area contributed by atoms with Crippen LogP contribution in [0.3, 0.4) is 0 Å². The number of fused-ring (bicyclic) bond motifs is 1. The smallest absolute Gasteiger partial charge is 0.230 e. The van der Waals surface area contributed by atoms with Crippen molar-refractivity contribution >= 4 is 22.8 Å². The highest BCUT2D eigenvalue weighted by Crippen LogP contribution is 2.32. The largest absolute Gasteiger partial charge is 0.340 e. The quantitative estimate of drug-likeness (QED) is 0.852. The molecule has 1 aromatic heterocycles. The first-order chi connectivity index (χ1) is 9.44. The molecule has 0 unspecified atom stereocenters. The number of H-pyrrole nitrogens is 1. The van der Waals surface area contributed by atoms with Crippen LogP contribution in [0.5, 0.6) is 0 Å². The molecule has 2 heterocycles. The maximum atomic E-state index is 12.1. The fourth-order valence-electron chi connectivity index (χ4n) is 2.62. The summed E-state index contributed by atoms with van der Waals surface area (Å²) in [5.74, 6) is 0.408. The summed E-state index contributed by atoms with van der Waals surface area (Å²) in [6, 6.07) is 7.66. The van der Waals surface area contributed by atoms with Gasteiger partial charge in [-0.3, -0.25) is 14.5 Å². The third-order valence-electron chi connectivity index (χ3n) is 3.61. The first-order valence-corrected chi connectivity index (χ1v) is 6.71. The van der Waals surface area contributed by atoms with E-state index in [9.17, 15) is 9.59 Å². The van der Waals surface area contributed by atoms with Gasteiger partial charge in [0.05, 0.1) is 17.6 Å². The minimum Gasteiger partial charge on any atom is -0.340 e. The van der Waals surface area contributed by atoms with Crippen molar-refractivity contribution in [2.75, 3.05) is 0 Å². The molecule has 104 valence electrons. The van der Waals surface area contributed by atoms with Gasteiger partial charge in [-0.05, 0) is 17.5 Å². The zero-order valence-corrected chi connectivity index (χ0v) is 11.6. The molecular weight excluding hydrogens is 254 g/mol. The van der Waals surface area contributed by atoms with Gasteiger partial charge in [0.15, 0.2) is 0 Å². The monoisotopic (exact) mass is 271 g/mol. The predicted octanol–water partition coefficient (Wildman–Crippen LogP) is 2.24. The number of amides is 2. The van der Waals surface area contributed by atoms with E-state index in [4.69, 9.17) is 0 Å². The molecule has 3 rings (SSSR count). The minimum absolute atomic E-state index is 0.119. The lowest BCUT2D eigenvalue weighted by Gasteiger charge is -2.34. The van der Waals surface area contributed by atoms with E-state index in [1.807, 2.05) is 38.1 Å². The zero-order chi connectivity index (χ0) is 14.3. The third kappa shape index (κ3) is 2.31. The fraction of sp³-hybridized carbons (Fsp3) is 0.400. The SMILES string of the molecule is CC1(C)CC(=O)N(Cc2nc3ccccc3[nH]2)C(=O)C1. The summed E-state index contributed by atoms with van der Waals surface area (Å²) >= 11 is 0. The number of hydrogen-bond donors (Lipinski definition) is 1. The van der Waals surface area contributed by atoms with E-state index in [2.05, 4.69) is 9.97 Å². The number of rotatable bonds is 2. The summed E-state index contributed by atoms with van der Waals surface area (Å²) < 4.78 is 0. The topological polar surface area (TPSA) is 66.1 Å². The molecule has 1 aliphatic heterocycles. The normalized spacial score (nSPS) is 18.8. The number of piperidine rings is 1. The van der Waals surface area contributed by atoms with Crippen LogP contribution in [-0.2, 0) is 16.1 Å². The number of nitrogens with zero attached hydrogens (tertiary/aromatic N) is 2. The van der Waals surface area contributed by atoms with Crippen molar-refractivity contribution in [2.24, 2.45) is 5.41 Å². The van der Waals surface area contributed by atoms with E-state index >= 15 is 0 Å². The minimum atomic E-state index is -0.238. The van der Waals surface area contributed by atoms with E-state index in [1.54, 1.807) is 0 Å². The molecule has 0 bridgehead atoms. The highest BCUT2D eigenvalue weighted by molar-refractivity contribution is 5.98. The number of imide groups is 1. The molecule has 0 spiro atoms. The number of carbonyl (C=O) groups excluding carboxylic acids is 2. The molecule has 1 fully saturated rings. The van der Waals surface area contributed by atoms with Crippen LogP contribution in [0.15, 0.2) is 24.3 Å². The van der Waals surface area contributed by atoms with Crippen LogP contribution in [0.4, 0.5) is 0 Å². The molecule has 5 nitrogen and oxygen atoms in total. The molecule has 0 radical (unpaired) electrons. The molecule has 5 heteroatoms. The second kappa shape index (κ2) is 4.44. The molecule has 1 aliphatic rings. The molecule has 1 N–H and O–H groups in total. The van der Waals surface area contributed by atoms with Gasteiger partial charge in [0.1, 0.15) is 5.82 Å². The lowest BCUT2D eigenvalue weighted by Crippen LogP contribution is -2.45. The highest BCUT2D eigenvalue weighted by Gasteiger charge is 2.37. The summed E-state index contributed by atoms with van der Waals surface area (Å²) in [7, 11) is 0. The molecule has 0 atom stereocenters. The number of carbonyl (C=O) groups is 2. The Morgan fingerprint density at radius 1 is 1.20 bits per heavy atom. The van der Waals surface area contributed by atoms with Gasteiger partial charge in [0, 0.05) is 12.8 Å². The first kappa shape index (κ1) is 12.8. The average molecular weight is 271 g/mol. The van der Waals surface area contributed by atoms with Gasteiger partial charge in [0.25, 0.3) is 0 Å². The Bertz CT molecular complexity index is 634. The number of aromatic amines is 1. The van der Waals surface area contributed by atoms with E-state index in [0.717, 1.165) is 11.0 Å². The van der Waals surface area contributed by atoms with E-state index < -0.39 is 0 Å². The van der Waals surface area contributed by atoms with Gasteiger partial charge < -0.3 is 4.98 Å². The Morgan fingerprint density at radius 2 is 1.85 bits per heavy atom. The van der Waals surface area contributed by atoms with Crippen LogP contribution in [0.2, 0.25) is 0 Å². The molecule has 2 aromatic rings. The molecule has 20 heavy (non-hydrogen) atoms. The van der Waals surface area contributed by atoms with Gasteiger partial charge in [-0.2, -0.15) is 0 Å². The number of para-hydroxylation sites is 2. The molecule has 0 aliphatic carbocycles. The number of likely N-dealkylation sites (tertiary alicyclic amines) is 1. The maximum Gasteiger partial charge on any atom is 0.230 e. The molecule has 0 saturated carbocycles. The number of hydrogen-bond acceptors (Lipinski definition) is 3. The molecule has 1 aromatic carbocycles. The Kier molecular flexibility index (Phi) is 2.85. The summed E-state index contributed by atoms with van der Waals surface area (Å²) in [6.45, 7) is 4.12. The van der Waals surface area contributed by atoms with Gasteiger partial charge in [-0.1, -0.05) is 26.0 Å². The summed E-state index contributed by atoms with van der Waals surface area (Å²) in [4.78, 5) is 33.1. The lowest BCUT2D eigenvalue weighted by molar-refractivity contribution is -0.153. The number of benzene rings is 1. The van der Waals surface area contributed by atoms with Crippen molar-refractivity contribution in [1.82, 2.24) is 14.9 Å².